The number of piperidine rings is 1. The molecule has 2 aliphatic rings. The minimum atomic E-state index is -0.542. The van der Waals surface area contributed by atoms with Crippen molar-refractivity contribution in [3.63, 3.8) is 0 Å². The summed E-state index contributed by atoms with van der Waals surface area (Å²) in [6.07, 6.45) is 6.16. The summed E-state index contributed by atoms with van der Waals surface area (Å²) in [5, 5.41) is 6.36. The number of hydrogen-bond acceptors (Lipinski definition) is 5. The third kappa shape index (κ3) is 5.76. The molecule has 5 rings (SSSR count). The van der Waals surface area contributed by atoms with E-state index in [-0.39, 0.29) is 12.6 Å². The average molecular weight is 581 g/mol. The molecule has 200 valence electrons. The molecule has 6 nitrogen and oxygen atoms in total. The molecule has 0 aliphatic carbocycles. The van der Waals surface area contributed by atoms with E-state index in [9.17, 15) is 9.18 Å². The number of carbonyl (C=O) groups is 1. The lowest BCUT2D eigenvalue weighted by Crippen LogP contribution is -2.33. The molecule has 3 heterocycles. The number of carbonyl (C=O) groups excluding carboxylic acids is 1. The standard InChI is InChI=1S/C30H35BrFN5O/c1-30(2)27-22(5-3-6-26(27)35-28(30)38)9-12-25-24(31)19-33-29(36-25)34-23-10-7-20(8-11-23)21-13-17-37(18-14-21)16-4-15-32/h3,5-8,10-11,19,21H,4,9,12-18H2,1-2H3,(H,35,38)(H,33,34,36). The molecule has 0 saturated carbocycles. The van der Waals surface area contributed by atoms with Crippen LogP contribution in [0.4, 0.5) is 21.7 Å². The molecular weight excluding hydrogens is 545 g/mol. The fraction of sp³-hybridized carbons (Fsp3) is 0.433. The van der Waals surface area contributed by atoms with Gasteiger partial charge in [-0.1, -0.05) is 24.3 Å². The number of aromatic nitrogens is 2. The van der Waals surface area contributed by atoms with Crippen molar-refractivity contribution in [2.24, 2.45) is 0 Å². The van der Waals surface area contributed by atoms with Gasteiger partial charge in [-0.15, -0.1) is 0 Å². The topological polar surface area (TPSA) is 70.2 Å². The first-order valence-corrected chi connectivity index (χ1v) is 14.2. The first kappa shape index (κ1) is 26.8. The Kier molecular flexibility index (Phi) is 8.09. The molecule has 3 aromatic rings. The van der Waals surface area contributed by atoms with Gasteiger partial charge in [0.05, 0.1) is 22.3 Å². The second-order valence-electron chi connectivity index (χ2n) is 10.8. The summed E-state index contributed by atoms with van der Waals surface area (Å²) in [5.74, 6) is 1.16. The molecule has 1 amide bonds. The van der Waals surface area contributed by atoms with Gasteiger partial charge < -0.3 is 15.5 Å². The van der Waals surface area contributed by atoms with E-state index in [0.29, 0.717) is 18.3 Å². The molecule has 0 spiro atoms. The Labute approximate surface area is 232 Å². The fourth-order valence-electron chi connectivity index (χ4n) is 5.67. The van der Waals surface area contributed by atoms with Crippen LogP contribution in [0.1, 0.15) is 61.4 Å². The maximum atomic E-state index is 12.5. The molecule has 8 heteroatoms. The van der Waals surface area contributed by atoms with Crippen LogP contribution < -0.4 is 10.6 Å². The molecular formula is C30H35BrFN5O. The molecule has 0 bridgehead atoms. The van der Waals surface area contributed by atoms with Crippen LogP contribution in [0.5, 0.6) is 0 Å². The van der Waals surface area contributed by atoms with E-state index in [1.807, 2.05) is 26.0 Å². The van der Waals surface area contributed by atoms with Gasteiger partial charge >= 0.3 is 0 Å². The number of halogens is 2. The largest absolute Gasteiger partial charge is 0.325 e. The molecule has 0 radical (unpaired) electrons. The van der Waals surface area contributed by atoms with Crippen molar-refractivity contribution < 1.29 is 9.18 Å². The predicted molar refractivity (Wildman–Crippen MR) is 154 cm³/mol. The van der Waals surface area contributed by atoms with E-state index in [2.05, 4.69) is 66.8 Å². The van der Waals surface area contributed by atoms with Crippen LogP contribution in [0.15, 0.2) is 53.1 Å². The molecule has 38 heavy (non-hydrogen) atoms. The lowest BCUT2D eigenvalue weighted by molar-refractivity contribution is -0.119. The Morgan fingerprint density at radius 2 is 1.89 bits per heavy atom. The highest BCUT2D eigenvalue weighted by Gasteiger charge is 2.39. The summed E-state index contributed by atoms with van der Waals surface area (Å²) in [7, 11) is 0. The summed E-state index contributed by atoms with van der Waals surface area (Å²) in [6, 6.07) is 14.6. The van der Waals surface area contributed by atoms with Crippen LogP contribution in [0.3, 0.4) is 0 Å². The smallest absolute Gasteiger partial charge is 0.234 e. The van der Waals surface area contributed by atoms with E-state index >= 15 is 0 Å². The highest BCUT2D eigenvalue weighted by molar-refractivity contribution is 9.10. The van der Waals surface area contributed by atoms with Gasteiger partial charge in [0.25, 0.3) is 0 Å². The third-order valence-corrected chi connectivity index (χ3v) is 8.54. The van der Waals surface area contributed by atoms with Crippen molar-refractivity contribution >= 4 is 39.2 Å². The Bertz CT molecular complexity index is 1290. The number of alkyl halides is 1. The number of amides is 1. The lowest BCUT2D eigenvalue weighted by atomic mass is 9.82. The van der Waals surface area contributed by atoms with Crippen LogP contribution in [-0.4, -0.2) is 47.1 Å². The van der Waals surface area contributed by atoms with Crippen molar-refractivity contribution in [2.75, 3.05) is 36.9 Å². The van der Waals surface area contributed by atoms with Crippen LogP contribution in [0.2, 0.25) is 0 Å². The maximum absolute atomic E-state index is 12.5. The molecule has 1 fully saturated rings. The SMILES string of the molecule is CC1(C)C(=O)Nc2cccc(CCc3nc(Nc4ccc(C5CCN(CCCF)CC5)cc4)ncc3Br)c21. The van der Waals surface area contributed by atoms with E-state index in [1.165, 1.54) is 5.56 Å². The number of anilines is 3. The predicted octanol–water partition coefficient (Wildman–Crippen LogP) is 6.54. The zero-order valence-corrected chi connectivity index (χ0v) is 23.7. The molecule has 0 unspecified atom stereocenters. The number of fused-ring (bicyclic) bond motifs is 1. The number of nitrogens with one attached hydrogen (secondary N) is 2. The van der Waals surface area contributed by atoms with E-state index in [4.69, 9.17) is 4.98 Å². The quantitative estimate of drug-likeness (QED) is 0.301. The molecule has 1 aromatic heterocycles. The summed E-state index contributed by atoms with van der Waals surface area (Å²) in [6.45, 7) is 6.66. The number of rotatable bonds is 9. The molecule has 2 N–H and O–H groups in total. The Morgan fingerprint density at radius 1 is 1.13 bits per heavy atom. The zero-order valence-electron chi connectivity index (χ0n) is 22.1. The average Bonchev–Trinajstić information content (AvgIpc) is 3.16. The summed E-state index contributed by atoms with van der Waals surface area (Å²) < 4.78 is 13.3. The van der Waals surface area contributed by atoms with Gasteiger partial charge in [0.2, 0.25) is 11.9 Å². The molecule has 2 aliphatic heterocycles. The van der Waals surface area contributed by atoms with E-state index in [1.54, 1.807) is 6.20 Å². The van der Waals surface area contributed by atoms with E-state index < -0.39 is 5.41 Å². The molecule has 1 saturated heterocycles. The zero-order chi connectivity index (χ0) is 26.7. The maximum Gasteiger partial charge on any atom is 0.234 e. The minimum Gasteiger partial charge on any atom is -0.325 e. The van der Waals surface area contributed by atoms with Gasteiger partial charge in [0.15, 0.2) is 0 Å². The monoisotopic (exact) mass is 579 g/mol. The van der Waals surface area contributed by atoms with Crippen molar-refractivity contribution in [1.29, 1.82) is 0 Å². The second-order valence-corrected chi connectivity index (χ2v) is 11.7. The van der Waals surface area contributed by atoms with Crippen LogP contribution in [0.25, 0.3) is 0 Å². The number of benzene rings is 2. The lowest BCUT2D eigenvalue weighted by Gasteiger charge is -2.32. The first-order chi connectivity index (χ1) is 18.3. The summed E-state index contributed by atoms with van der Waals surface area (Å²) in [4.78, 5) is 24.1. The number of aryl methyl sites for hydroxylation is 2. The fourth-order valence-corrected chi connectivity index (χ4v) is 6.06. The summed E-state index contributed by atoms with van der Waals surface area (Å²) in [5.41, 5.74) is 5.84. The van der Waals surface area contributed by atoms with Crippen molar-refractivity contribution in [3.8, 4) is 0 Å². The van der Waals surface area contributed by atoms with Crippen LogP contribution >= 0.6 is 15.9 Å². The molecule has 0 atom stereocenters. The Hall–Kier alpha value is -2.84. The van der Waals surface area contributed by atoms with Crippen molar-refractivity contribution in [3.05, 3.63) is 75.5 Å². The number of hydrogen-bond donors (Lipinski definition) is 2. The van der Waals surface area contributed by atoms with Crippen molar-refractivity contribution in [1.82, 2.24) is 14.9 Å². The van der Waals surface area contributed by atoms with Gasteiger partial charge in [0, 0.05) is 24.1 Å². The number of nitrogens with zero attached hydrogens (tertiary/aromatic N) is 3. The minimum absolute atomic E-state index is 0.0414. The van der Waals surface area contributed by atoms with Gasteiger partial charge in [-0.25, -0.2) is 9.97 Å². The highest BCUT2D eigenvalue weighted by Crippen LogP contribution is 2.40. The Morgan fingerprint density at radius 3 is 2.63 bits per heavy atom. The van der Waals surface area contributed by atoms with Crippen LogP contribution in [0, 0.1) is 0 Å². The van der Waals surface area contributed by atoms with Gasteiger partial charge in [-0.3, -0.25) is 9.18 Å². The van der Waals surface area contributed by atoms with E-state index in [0.717, 1.165) is 78.0 Å². The Balaban J connectivity index is 1.22. The normalized spacial score (nSPS) is 17.3. The van der Waals surface area contributed by atoms with Crippen molar-refractivity contribution in [2.45, 2.75) is 57.3 Å². The first-order valence-electron chi connectivity index (χ1n) is 13.5. The molecule has 2 aromatic carbocycles. The second kappa shape index (κ2) is 11.5. The highest BCUT2D eigenvalue weighted by atomic mass is 79.9. The third-order valence-electron chi connectivity index (χ3n) is 7.87. The van der Waals surface area contributed by atoms with Gasteiger partial charge in [-0.2, -0.15) is 0 Å². The number of likely N-dealkylation sites (tertiary alicyclic amines) is 1. The van der Waals surface area contributed by atoms with Gasteiger partial charge in [-0.05, 0) is 116 Å². The summed E-state index contributed by atoms with van der Waals surface area (Å²) >= 11 is 3.61. The van der Waals surface area contributed by atoms with Crippen LogP contribution in [-0.2, 0) is 23.1 Å². The van der Waals surface area contributed by atoms with Gasteiger partial charge in [0.1, 0.15) is 0 Å².